The van der Waals surface area contributed by atoms with E-state index in [1.807, 2.05) is 0 Å². The van der Waals surface area contributed by atoms with E-state index in [0.29, 0.717) is 26.1 Å². The van der Waals surface area contributed by atoms with Crippen LogP contribution in [0.4, 0.5) is 0 Å². The highest BCUT2D eigenvalue weighted by Crippen LogP contribution is 2.37. The van der Waals surface area contributed by atoms with Crippen LogP contribution in [0, 0.1) is 5.92 Å². The van der Waals surface area contributed by atoms with Crippen LogP contribution in [0.5, 0.6) is 0 Å². The van der Waals surface area contributed by atoms with Gasteiger partial charge in [-0.15, -0.1) is 0 Å². The Labute approximate surface area is 146 Å². The van der Waals surface area contributed by atoms with Crippen molar-refractivity contribution in [3.8, 4) is 0 Å². The third kappa shape index (κ3) is 7.33. The SMILES string of the molecule is CCCCCOOC1CC(CO)CCC1(CO)OOCCCCC. The molecule has 1 saturated carbocycles. The van der Waals surface area contributed by atoms with Gasteiger partial charge in [-0.05, 0) is 38.0 Å². The van der Waals surface area contributed by atoms with Gasteiger partial charge in [0.25, 0.3) is 0 Å². The lowest BCUT2D eigenvalue weighted by atomic mass is 9.77. The summed E-state index contributed by atoms with van der Waals surface area (Å²) < 4.78 is 0. The topological polar surface area (TPSA) is 77.4 Å². The van der Waals surface area contributed by atoms with Crippen LogP contribution < -0.4 is 0 Å². The van der Waals surface area contributed by atoms with Crippen LogP contribution in [0.2, 0.25) is 0 Å². The van der Waals surface area contributed by atoms with Gasteiger partial charge in [0.2, 0.25) is 0 Å². The van der Waals surface area contributed by atoms with Crippen molar-refractivity contribution in [1.29, 1.82) is 0 Å². The van der Waals surface area contributed by atoms with Gasteiger partial charge in [0.05, 0.1) is 19.8 Å². The Balaban J connectivity index is 2.51. The van der Waals surface area contributed by atoms with Gasteiger partial charge in [0, 0.05) is 6.61 Å². The Morgan fingerprint density at radius 3 is 2.21 bits per heavy atom. The standard InChI is InChI=1S/C18H36O6/c1-3-5-7-11-21-23-17-13-16(14-19)9-10-18(17,15-20)24-22-12-8-6-4-2/h16-17,19-20H,3-15H2,1-2H3. The number of hydrogen-bond donors (Lipinski definition) is 2. The summed E-state index contributed by atoms with van der Waals surface area (Å²) in [4.78, 5) is 21.9. The number of unbranched alkanes of at least 4 members (excludes halogenated alkanes) is 4. The van der Waals surface area contributed by atoms with E-state index < -0.39 is 11.7 Å². The fourth-order valence-electron chi connectivity index (χ4n) is 2.95. The number of hydrogen-bond acceptors (Lipinski definition) is 6. The van der Waals surface area contributed by atoms with E-state index in [9.17, 15) is 10.2 Å². The van der Waals surface area contributed by atoms with Gasteiger partial charge < -0.3 is 10.2 Å². The van der Waals surface area contributed by atoms with E-state index in [1.54, 1.807) is 0 Å². The number of aliphatic hydroxyl groups is 2. The first-order valence-corrected chi connectivity index (χ1v) is 9.53. The van der Waals surface area contributed by atoms with Crippen LogP contribution in [0.1, 0.15) is 71.6 Å². The molecule has 1 aliphatic rings. The predicted octanol–water partition coefficient (Wildman–Crippen LogP) is 3.16. The smallest absolute Gasteiger partial charge is 0.155 e. The highest BCUT2D eigenvalue weighted by atomic mass is 17.2. The molecule has 2 N–H and O–H groups in total. The molecule has 0 heterocycles. The second-order valence-electron chi connectivity index (χ2n) is 6.77. The van der Waals surface area contributed by atoms with Crippen LogP contribution >= 0.6 is 0 Å². The molecule has 0 bridgehead atoms. The summed E-state index contributed by atoms with van der Waals surface area (Å²) in [6, 6.07) is 0. The summed E-state index contributed by atoms with van der Waals surface area (Å²) in [5.41, 5.74) is -0.914. The van der Waals surface area contributed by atoms with Gasteiger partial charge in [-0.3, -0.25) is 0 Å². The average molecular weight is 348 g/mol. The molecule has 0 aromatic heterocycles. The van der Waals surface area contributed by atoms with Crippen molar-refractivity contribution in [3.63, 3.8) is 0 Å². The third-order valence-electron chi connectivity index (χ3n) is 4.71. The third-order valence-corrected chi connectivity index (χ3v) is 4.71. The lowest BCUT2D eigenvalue weighted by Gasteiger charge is -2.42. The lowest BCUT2D eigenvalue weighted by molar-refractivity contribution is -0.435. The molecule has 6 nitrogen and oxygen atoms in total. The monoisotopic (exact) mass is 348 g/mol. The molecule has 0 spiro atoms. The molecule has 0 aromatic carbocycles. The minimum Gasteiger partial charge on any atom is -0.396 e. The fraction of sp³-hybridized carbons (Fsp3) is 1.00. The predicted molar refractivity (Wildman–Crippen MR) is 91.2 cm³/mol. The maximum absolute atomic E-state index is 9.91. The van der Waals surface area contributed by atoms with Crippen LogP contribution in [0.3, 0.4) is 0 Å². The first-order valence-electron chi connectivity index (χ1n) is 9.53. The van der Waals surface area contributed by atoms with E-state index in [-0.39, 0.29) is 19.1 Å². The summed E-state index contributed by atoms with van der Waals surface area (Å²) in [5, 5.41) is 19.3. The Morgan fingerprint density at radius 2 is 1.62 bits per heavy atom. The molecular formula is C18H36O6. The van der Waals surface area contributed by atoms with Crippen molar-refractivity contribution in [1.82, 2.24) is 0 Å². The largest absolute Gasteiger partial charge is 0.396 e. The molecule has 0 radical (unpaired) electrons. The first kappa shape index (κ1) is 21.8. The van der Waals surface area contributed by atoms with Crippen molar-refractivity contribution in [2.24, 2.45) is 5.92 Å². The highest BCUT2D eigenvalue weighted by molar-refractivity contribution is 4.94. The molecule has 144 valence electrons. The van der Waals surface area contributed by atoms with Gasteiger partial charge in [-0.2, -0.15) is 0 Å². The molecule has 6 heteroatoms. The van der Waals surface area contributed by atoms with Crippen LogP contribution in [-0.2, 0) is 19.6 Å². The fourth-order valence-corrected chi connectivity index (χ4v) is 2.95. The summed E-state index contributed by atoms with van der Waals surface area (Å²) in [5.74, 6) is 0.137. The maximum Gasteiger partial charge on any atom is 0.155 e. The summed E-state index contributed by atoms with van der Waals surface area (Å²) in [7, 11) is 0. The van der Waals surface area contributed by atoms with Crippen molar-refractivity contribution in [2.75, 3.05) is 26.4 Å². The number of rotatable bonds is 14. The van der Waals surface area contributed by atoms with Crippen LogP contribution in [-0.4, -0.2) is 48.3 Å². The Morgan fingerprint density at radius 1 is 0.958 bits per heavy atom. The molecule has 24 heavy (non-hydrogen) atoms. The maximum atomic E-state index is 9.91. The van der Waals surface area contributed by atoms with E-state index in [0.717, 1.165) is 44.9 Å². The number of aliphatic hydroxyl groups excluding tert-OH is 2. The second kappa shape index (κ2) is 13.0. The molecule has 0 saturated heterocycles. The van der Waals surface area contributed by atoms with Gasteiger partial charge in [-0.1, -0.05) is 39.5 Å². The molecular weight excluding hydrogens is 312 g/mol. The normalized spacial score (nSPS) is 27.5. The molecule has 0 amide bonds. The summed E-state index contributed by atoms with van der Waals surface area (Å²) >= 11 is 0. The van der Waals surface area contributed by atoms with Crippen molar-refractivity contribution < 1.29 is 29.8 Å². The second-order valence-corrected chi connectivity index (χ2v) is 6.77. The summed E-state index contributed by atoms with van der Waals surface area (Å²) in [6.45, 7) is 5.20. The van der Waals surface area contributed by atoms with E-state index in [2.05, 4.69) is 13.8 Å². The van der Waals surface area contributed by atoms with Crippen molar-refractivity contribution in [3.05, 3.63) is 0 Å². The Hall–Kier alpha value is -0.240. The molecule has 3 unspecified atom stereocenters. The molecule has 0 aliphatic heterocycles. The molecule has 0 aromatic rings. The van der Waals surface area contributed by atoms with Crippen LogP contribution in [0.25, 0.3) is 0 Å². The zero-order valence-electron chi connectivity index (χ0n) is 15.4. The van der Waals surface area contributed by atoms with Gasteiger partial charge in [0.1, 0.15) is 6.10 Å². The zero-order chi connectivity index (χ0) is 17.7. The van der Waals surface area contributed by atoms with Crippen molar-refractivity contribution in [2.45, 2.75) is 83.3 Å². The zero-order valence-corrected chi connectivity index (χ0v) is 15.4. The van der Waals surface area contributed by atoms with E-state index in [4.69, 9.17) is 19.6 Å². The lowest BCUT2D eigenvalue weighted by Crippen LogP contribution is -2.53. The van der Waals surface area contributed by atoms with Crippen molar-refractivity contribution >= 4 is 0 Å². The first-order chi connectivity index (χ1) is 11.7. The highest BCUT2D eigenvalue weighted by Gasteiger charge is 2.47. The van der Waals surface area contributed by atoms with E-state index in [1.165, 1.54) is 0 Å². The Bertz CT molecular complexity index is 301. The van der Waals surface area contributed by atoms with E-state index >= 15 is 0 Å². The summed E-state index contributed by atoms with van der Waals surface area (Å²) in [6.07, 6.45) is 7.76. The average Bonchev–Trinajstić information content (AvgIpc) is 2.62. The minimum atomic E-state index is -0.914. The van der Waals surface area contributed by atoms with Gasteiger partial charge >= 0.3 is 0 Å². The van der Waals surface area contributed by atoms with Gasteiger partial charge in [-0.25, -0.2) is 19.6 Å². The minimum absolute atomic E-state index is 0.106. The molecule has 1 aliphatic carbocycles. The Kier molecular flexibility index (Phi) is 11.8. The van der Waals surface area contributed by atoms with Crippen LogP contribution in [0.15, 0.2) is 0 Å². The molecule has 1 fully saturated rings. The van der Waals surface area contributed by atoms with Gasteiger partial charge in [0.15, 0.2) is 5.60 Å². The quantitative estimate of drug-likeness (QED) is 0.285. The molecule has 3 atom stereocenters. The molecule has 1 rings (SSSR count).